The molecule has 0 aliphatic carbocycles. The van der Waals surface area contributed by atoms with E-state index in [1.54, 1.807) is 11.3 Å². The Labute approximate surface area is 149 Å². The second-order valence-electron chi connectivity index (χ2n) is 5.99. The molecule has 0 saturated carbocycles. The quantitative estimate of drug-likeness (QED) is 0.460. The van der Waals surface area contributed by atoms with Crippen LogP contribution in [0.2, 0.25) is 0 Å². The van der Waals surface area contributed by atoms with Crippen LogP contribution in [0.5, 0.6) is 0 Å². The number of likely N-dealkylation sites (tertiary alicyclic amines) is 1. The van der Waals surface area contributed by atoms with Crippen molar-refractivity contribution in [2.75, 3.05) is 20.1 Å². The Balaban J connectivity index is 0.00000220. The Morgan fingerprint density at radius 2 is 2.19 bits per heavy atom. The van der Waals surface area contributed by atoms with Gasteiger partial charge in [0, 0.05) is 25.0 Å². The molecule has 6 heteroatoms. The zero-order valence-corrected chi connectivity index (χ0v) is 16.8. The van der Waals surface area contributed by atoms with E-state index in [9.17, 15) is 0 Å². The zero-order valence-electron chi connectivity index (χ0n) is 13.7. The monoisotopic (exact) mass is 422 g/mol. The first-order valence-corrected chi connectivity index (χ1v) is 8.17. The summed E-state index contributed by atoms with van der Waals surface area (Å²) in [6.45, 7) is 11.8. The molecule has 0 spiro atoms. The van der Waals surface area contributed by atoms with Gasteiger partial charge in [-0.25, -0.2) is 4.98 Å². The summed E-state index contributed by atoms with van der Waals surface area (Å²) < 4.78 is 0. The van der Waals surface area contributed by atoms with Crippen LogP contribution in [0.1, 0.15) is 42.3 Å². The summed E-state index contributed by atoms with van der Waals surface area (Å²) in [7, 11) is 1.86. The van der Waals surface area contributed by atoms with Gasteiger partial charge in [-0.1, -0.05) is 13.8 Å². The Kier molecular flexibility index (Phi) is 6.90. The van der Waals surface area contributed by atoms with E-state index in [4.69, 9.17) is 0 Å². The van der Waals surface area contributed by atoms with Crippen LogP contribution in [0.25, 0.3) is 0 Å². The molecule has 1 aromatic heterocycles. The molecule has 1 saturated heterocycles. The van der Waals surface area contributed by atoms with Crippen LogP contribution < -0.4 is 5.32 Å². The molecule has 0 aromatic carbocycles. The van der Waals surface area contributed by atoms with E-state index in [1.807, 2.05) is 7.05 Å². The van der Waals surface area contributed by atoms with Gasteiger partial charge < -0.3 is 10.2 Å². The number of guanidine groups is 1. The fourth-order valence-electron chi connectivity index (χ4n) is 2.59. The molecule has 2 heterocycles. The van der Waals surface area contributed by atoms with Gasteiger partial charge in [0.15, 0.2) is 5.96 Å². The maximum absolute atomic E-state index is 4.57. The Morgan fingerprint density at radius 1 is 1.48 bits per heavy atom. The molecule has 2 rings (SSSR count). The molecule has 0 bridgehead atoms. The summed E-state index contributed by atoms with van der Waals surface area (Å²) in [5.41, 5.74) is 1.58. The summed E-state index contributed by atoms with van der Waals surface area (Å²) in [6, 6.07) is 0. The van der Waals surface area contributed by atoms with Gasteiger partial charge in [0.25, 0.3) is 0 Å². The van der Waals surface area contributed by atoms with Gasteiger partial charge in [0.1, 0.15) is 5.01 Å². The maximum atomic E-state index is 4.57. The van der Waals surface area contributed by atoms with Gasteiger partial charge in [-0.2, -0.15) is 0 Å². The number of hydrogen-bond donors (Lipinski definition) is 1. The van der Waals surface area contributed by atoms with Crippen LogP contribution in [0.15, 0.2) is 4.99 Å². The molecule has 1 unspecified atom stereocenters. The first-order valence-electron chi connectivity index (χ1n) is 7.36. The number of hydrogen-bond acceptors (Lipinski definition) is 3. The third-order valence-electron chi connectivity index (χ3n) is 4.39. The molecular weight excluding hydrogens is 395 g/mol. The van der Waals surface area contributed by atoms with Crippen molar-refractivity contribution in [1.82, 2.24) is 15.2 Å². The predicted molar refractivity (Wildman–Crippen MR) is 102 cm³/mol. The number of aromatic nitrogens is 1. The van der Waals surface area contributed by atoms with Crippen molar-refractivity contribution < 1.29 is 0 Å². The summed E-state index contributed by atoms with van der Waals surface area (Å²) in [4.78, 5) is 12.7. The number of aliphatic imine (C=N–C) groups is 1. The van der Waals surface area contributed by atoms with E-state index < -0.39 is 0 Å². The number of nitrogens with one attached hydrogen (secondary N) is 1. The third kappa shape index (κ3) is 4.55. The van der Waals surface area contributed by atoms with E-state index in [1.165, 1.54) is 17.7 Å². The summed E-state index contributed by atoms with van der Waals surface area (Å²) >= 11 is 1.77. The van der Waals surface area contributed by atoms with E-state index >= 15 is 0 Å². The minimum atomic E-state index is 0. The molecule has 1 atom stereocenters. The van der Waals surface area contributed by atoms with Gasteiger partial charge in [0.2, 0.25) is 0 Å². The smallest absolute Gasteiger partial charge is 0.194 e. The Morgan fingerprint density at radius 3 is 2.67 bits per heavy atom. The van der Waals surface area contributed by atoms with Gasteiger partial charge >= 0.3 is 0 Å². The molecule has 21 heavy (non-hydrogen) atoms. The number of aryl methyl sites for hydroxylation is 2. The molecule has 0 radical (unpaired) electrons. The lowest BCUT2D eigenvalue weighted by Crippen LogP contribution is -2.40. The summed E-state index contributed by atoms with van der Waals surface area (Å²) in [5, 5.41) is 4.59. The van der Waals surface area contributed by atoms with E-state index in [-0.39, 0.29) is 24.0 Å². The highest BCUT2D eigenvalue weighted by Crippen LogP contribution is 2.32. The first-order chi connectivity index (χ1) is 9.47. The van der Waals surface area contributed by atoms with Crippen molar-refractivity contribution in [2.45, 2.75) is 47.1 Å². The van der Waals surface area contributed by atoms with Crippen LogP contribution in [-0.4, -0.2) is 36.0 Å². The largest absolute Gasteiger partial charge is 0.350 e. The second kappa shape index (κ2) is 7.76. The number of thiazole rings is 1. The molecule has 1 aliphatic rings. The lowest BCUT2D eigenvalue weighted by molar-refractivity contribution is 0.322. The van der Waals surface area contributed by atoms with Crippen molar-refractivity contribution in [3.05, 3.63) is 15.6 Å². The highest BCUT2D eigenvalue weighted by atomic mass is 127. The van der Waals surface area contributed by atoms with Gasteiger partial charge in [-0.05, 0) is 32.1 Å². The summed E-state index contributed by atoms with van der Waals surface area (Å²) in [6.07, 6.45) is 2.48. The molecular formula is C15H27IN4S. The molecule has 1 fully saturated rings. The van der Waals surface area contributed by atoms with Crippen LogP contribution in [0, 0.1) is 19.3 Å². The molecule has 4 nitrogen and oxygen atoms in total. The normalized spacial score (nSPS) is 22.3. The van der Waals surface area contributed by atoms with Crippen molar-refractivity contribution >= 4 is 41.3 Å². The Bertz CT molecular complexity index is 480. The lowest BCUT2D eigenvalue weighted by atomic mass is 9.87. The topological polar surface area (TPSA) is 40.5 Å². The minimum absolute atomic E-state index is 0. The third-order valence-corrected chi connectivity index (χ3v) is 5.47. The maximum Gasteiger partial charge on any atom is 0.194 e. The first kappa shape index (κ1) is 18.7. The van der Waals surface area contributed by atoms with Gasteiger partial charge in [-0.3, -0.25) is 4.99 Å². The fourth-order valence-corrected chi connectivity index (χ4v) is 3.47. The molecule has 1 N–H and O–H groups in total. The van der Waals surface area contributed by atoms with E-state index in [0.717, 1.165) is 36.3 Å². The van der Waals surface area contributed by atoms with Crippen molar-refractivity contribution in [2.24, 2.45) is 10.4 Å². The molecule has 1 aromatic rings. The molecule has 1 aliphatic heterocycles. The number of halogens is 1. The van der Waals surface area contributed by atoms with Crippen LogP contribution >= 0.6 is 35.3 Å². The van der Waals surface area contributed by atoms with Crippen molar-refractivity contribution in [3.63, 3.8) is 0 Å². The second-order valence-corrected chi connectivity index (χ2v) is 7.27. The highest BCUT2D eigenvalue weighted by molar-refractivity contribution is 14.0. The SMILES string of the molecule is CCC1(C)CCN(C(=NC)NCc2nc(C)c(C)s2)C1.I. The van der Waals surface area contributed by atoms with Crippen molar-refractivity contribution in [1.29, 1.82) is 0 Å². The van der Waals surface area contributed by atoms with Crippen LogP contribution in [0.3, 0.4) is 0 Å². The summed E-state index contributed by atoms with van der Waals surface area (Å²) in [5.74, 6) is 1.01. The molecule has 120 valence electrons. The fraction of sp³-hybridized carbons (Fsp3) is 0.733. The predicted octanol–water partition coefficient (Wildman–Crippen LogP) is 3.58. The standard InChI is InChI=1S/C15H26N4S.HI/c1-6-15(4)7-8-19(10-15)14(16-5)17-9-13-18-11(2)12(3)20-13;/h6-10H2,1-5H3,(H,16,17);1H. The zero-order chi connectivity index (χ0) is 14.8. The van der Waals surface area contributed by atoms with Crippen LogP contribution in [-0.2, 0) is 6.54 Å². The molecule has 0 amide bonds. The van der Waals surface area contributed by atoms with Gasteiger partial charge in [-0.15, -0.1) is 35.3 Å². The number of nitrogens with zero attached hydrogens (tertiary/aromatic N) is 3. The lowest BCUT2D eigenvalue weighted by Gasteiger charge is -2.25. The average Bonchev–Trinajstić information content (AvgIpc) is 2.96. The van der Waals surface area contributed by atoms with Crippen molar-refractivity contribution in [3.8, 4) is 0 Å². The highest BCUT2D eigenvalue weighted by Gasteiger charge is 2.33. The average molecular weight is 422 g/mol. The minimum Gasteiger partial charge on any atom is -0.350 e. The number of rotatable bonds is 3. The van der Waals surface area contributed by atoms with E-state index in [2.05, 4.69) is 47.9 Å². The Hall–Kier alpha value is -0.370. The van der Waals surface area contributed by atoms with Gasteiger partial charge in [0.05, 0.1) is 12.2 Å². The van der Waals surface area contributed by atoms with E-state index in [0.29, 0.717) is 5.41 Å². The van der Waals surface area contributed by atoms with Crippen LogP contribution in [0.4, 0.5) is 0 Å².